The molecule has 5 nitrogen and oxygen atoms in total. The van der Waals surface area contributed by atoms with E-state index in [9.17, 15) is 4.79 Å². The summed E-state index contributed by atoms with van der Waals surface area (Å²) in [4.78, 5) is 12.2. The minimum Gasteiger partial charge on any atom is -0.352 e. The Bertz CT molecular complexity index is 733. The number of H-pyrrole nitrogens is 1. The topological polar surface area (TPSA) is 62.7 Å². The maximum absolute atomic E-state index is 12.2. The maximum atomic E-state index is 12.2. The lowest BCUT2D eigenvalue weighted by molar-refractivity contribution is -0.122. The van der Waals surface area contributed by atoms with E-state index in [1.807, 2.05) is 19.1 Å². The lowest BCUT2D eigenvalue weighted by Crippen LogP contribution is -2.36. The van der Waals surface area contributed by atoms with Crippen LogP contribution in [-0.2, 0) is 11.3 Å². The molecule has 1 atom stereocenters. The van der Waals surface area contributed by atoms with Gasteiger partial charge in [0, 0.05) is 16.6 Å². The Labute approximate surface area is 138 Å². The van der Waals surface area contributed by atoms with Gasteiger partial charge >= 0.3 is 0 Å². The van der Waals surface area contributed by atoms with E-state index in [1.54, 1.807) is 16.7 Å². The highest BCUT2D eigenvalue weighted by atomic mass is 35.5. The third kappa shape index (κ3) is 3.39. The first-order valence-corrected chi connectivity index (χ1v) is 8.03. The summed E-state index contributed by atoms with van der Waals surface area (Å²) < 4.78 is 2.13. The molecule has 1 aliphatic rings. The van der Waals surface area contributed by atoms with E-state index >= 15 is 0 Å². The van der Waals surface area contributed by atoms with Gasteiger partial charge < -0.3 is 5.32 Å². The van der Waals surface area contributed by atoms with Crippen molar-refractivity contribution in [3.63, 3.8) is 0 Å². The van der Waals surface area contributed by atoms with Crippen molar-refractivity contribution in [1.29, 1.82) is 0 Å². The van der Waals surface area contributed by atoms with Crippen LogP contribution in [0.2, 0.25) is 5.02 Å². The van der Waals surface area contributed by atoms with Gasteiger partial charge in [0.05, 0.1) is 0 Å². The molecule has 1 saturated carbocycles. The van der Waals surface area contributed by atoms with Crippen LogP contribution in [0.3, 0.4) is 0 Å². The van der Waals surface area contributed by atoms with Gasteiger partial charge in [0.2, 0.25) is 5.91 Å². The van der Waals surface area contributed by atoms with Crippen LogP contribution in [0, 0.1) is 10.7 Å². The molecule has 0 radical (unpaired) electrons. The first kappa shape index (κ1) is 15.2. The van der Waals surface area contributed by atoms with Gasteiger partial charge in [-0.2, -0.15) is 5.10 Å². The molecule has 1 aromatic carbocycles. The standard InChI is InChI=1S/C15H17ClN4OS/c1-9(10-2-3-10)17-13(21)8-20-14(18-19-15(20)22)11-4-6-12(16)7-5-11/h4-7,9-10H,2-3,8H2,1H3,(H,17,21)(H,19,22). The SMILES string of the molecule is CC(NC(=O)Cn1c(-c2ccc(Cl)cc2)n[nH]c1=S)C1CC1. The number of aromatic amines is 1. The van der Waals surface area contributed by atoms with E-state index < -0.39 is 0 Å². The Kier molecular flexibility index (Phi) is 4.31. The minimum atomic E-state index is -0.0490. The van der Waals surface area contributed by atoms with Crippen LogP contribution >= 0.6 is 23.8 Å². The van der Waals surface area contributed by atoms with Crippen molar-refractivity contribution < 1.29 is 4.79 Å². The maximum Gasteiger partial charge on any atom is 0.240 e. The third-order valence-corrected chi connectivity index (χ3v) is 4.44. The minimum absolute atomic E-state index is 0.0490. The highest BCUT2D eigenvalue weighted by Gasteiger charge is 2.29. The number of benzene rings is 1. The molecule has 0 spiro atoms. The molecule has 0 saturated heterocycles. The summed E-state index contributed by atoms with van der Waals surface area (Å²) in [6, 6.07) is 7.50. The number of hydrogen-bond acceptors (Lipinski definition) is 3. The summed E-state index contributed by atoms with van der Waals surface area (Å²) in [5.74, 6) is 1.21. The Hall–Kier alpha value is -1.66. The van der Waals surface area contributed by atoms with Gasteiger partial charge in [-0.25, -0.2) is 0 Å². The van der Waals surface area contributed by atoms with Crippen molar-refractivity contribution in [2.45, 2.75) is 32.4 Å². The molecule has 22 heavy (non-hydrogen) atoms. The number of amides is 1. The number of hydrogen-bond donors (Lipinski definition) is 2. The zero-order valence-corrected chi connectivity index (χ0v) is 13.7. The molecular formula is C15H17ClN4OS. The average Bonchev–Trinajstić information content (AvgIpc) is 3.27. The van der Waals surface area contributed by atoms with Crippen LogP contribution in [-0.4, -0.2) is 26.7 Å². The molecule has 1 unspecified atom stereocenters. The summed E-state index contributed by atoms with van der Waals surface area (Å²) in [6.45, 7) is 2.20. The van der Waals surface area contributed by atoms with E-state index in [0.29, 0.717) is 21.5 Å². The van der Waals surface area contributed by atoms with Crippen molar-refractivity contribution >= 4 is 29.7 Å². The summed E-state index contributed by atoms with van der Waals surface area (Å²) in [5.41, 5.74) is 0.861. The van der Waals surface area contributed by atoms with Crippen molar-refractivity contribution in [1.82, 2.24) is 20.1 Å². The summed E-state index contributed by atoms with van der Waals surface area (Å²) in [6.07, 6.45) is 2.39. The molecule has 116 valence electrons. The monoisotopic (exact) mass is 336 g/mol. The lowest BCUT2D eigenvalue weighted by atomic mass is 10.2. The van der Waals surface area contributed by atoms with Crippen LogP contribution in [0.25, 0.3) is 11.4 Å². The van der Waals surface area contributed by atoms with Crippen molar-refractivity contribution in [2.24, 2.45) is 5.92 Å². The number of aromatic nitrogens is 3. The zero-order valence-electron chi connectivity index (χ0n) is 12.2. The van der Waals surface area contributed by atoms with Gasteiger partial charge in [-0.05, 0) is 62.2 Å². The zero-order chi connectivity index (χ0) is 15.7. The van der Waals surface area contributed by atoms with E-state index in [1.165, 1.54) is 12.8 Å². The fourth-order valence-electron chi connectivity index (χ4n) is 2.44. The van der Waals surface area contributed by atoms with Crippen molar-refractivity contribution in [2.75, 3.05) is 0 Å². The van der Waals surface area contributed by atoms with Crippen molar-refractivity contribution in [3.05, 3.63) is 34.1 Å². The molecule has 2 aromatic rings. The van der Waals surface area contributed by atoms with E-state index in [2.05, 4.69) is 15.5 Å². The first-order chi connectivity index (χ1) is 10.5. The summed E-state index contributed by atoms with van der Waals surface area (Å²) in [7, 11) is 0. The number of carbonyl (C=O) groups excluding carboxylic acids is 1. The van der Waals surface area contributed by atoms with Crippen LogP contribution in [0.1, 0.15) is 19.8 Å². The molecule has 3 rings (SSSR count). The molecule has 7 heteroatoms. The van der Waals surface area contributed by atoms with Crippen LogP contribution in [0.4, 0.5) is 0 Å². The molecular weight excluding hydrogens is 320 g/mol. The Morgan fingerprint density at radius 3 is 2.82 bits per heavy atom. The summed E-state index contributed by atoms with van der Waals surface area (Å²) >= 11 is 11.1. The smallest absolute Gasteiger partial charge is 0.240 e. The molecule has 1 amide bonds. The second-order valence-corrected chi connectivity index (χ2v) is 6.46. The average molecular weight is 337 g/mol. The molecule has 0 bridgehead atoms. The van der Waals surface area contributed by atoms with Gasteiger partial charge in [-0.15, -0.1) is 0 Å². The number of nitrogens with zero attached hydrogens (tertiary/aromatic N) is 2. The molecule has 1 fully saturated rings. The predicted octanol–water partition coefficient (Wildman–Crippen LogP) is 3.18. The van der Waals surface area contributed by atoms with Gasteiger partial charge in [-0.3, -0.25) is 14.5 Å². The quantitative estimate of drug-likeness (QED) is 0.824. The largest absolute Gasteiger partial charge is 0.352 e. The highest BCUT2D eigenvalue weighted by Crippen LogP contribution is 2.32. The highest BCUT2D eigenvalue weighted by molar-refractivity contribution is 7.71. The van der Waals surface area contributed by atoms with E-state index in [4.69, 9.17) is 23.8 Å². The fraction of sp³-hybridized carbons (Fsp3) is 0.400. The summed E-state index contributed by atoms with van der Waals surface area (Å²) in [5, 5.41) is 10.6. The van der Waals surface area contributed by atoms with Gasteiger partial charge in [-0.1, -0.05) is 11.6 Å². The first-order valence-electron chi connectivity index (χ1n) is 7.25. The Morgan fingerprint density at radius 2 is 2.18 bits per heavy atom. The Balaban J connectivity index is 1.78. The second kappa shape index (κ2) is 6.22. The predicted molar refractivity (Wildman–Crippen MR) is 88.2 cm³/mol. The number of halogens is 1. The lowest BCUT2D eigenvalue weighted by Gasteiger charge is -2.13. The fourth-order valence-corrected chi connectivity index (χ4v) is 2.76. The van der Waals surface area contributed by atoms with Gasteiger partial charge in [0.15, 0.2) is 10.6 Å². The Morgan fingerprint density at radius 1 is 1.50 bits per heavy atom. The normalized spacial score (nSPS) is 15.5. The number of nitrogens with one attached hydrogen (secondary N) is 2. The van der Waals surface area contributed by atoms with Crippen LogP contribution < -0.4 is 5.32 Å². The van der Waals surface area contributed by atoms with Gasteiger partial charge in [0.1, 0.15) is 6.54 Å². The van der Waals surface area contributed by atoms with Gasteiger partial charge in [0.25, 0.3) is 0 Å². The van der Waals surface area contributed by atoms with E-state index in [0.717, 1.165) is 5.56 Å². The second-order valence-electron chi connectivity index (χ2n) is 5.64. The molecule has 2 N–H and O–H groups in total. The van der Waals surface area contributed by atoms with Crippen molar-refractivity contribution in [3.8, 4) is 11.4 Å². The third-order valence-electron chi connectivity index (χ3n) is 3.88. The number of rotatable bonds is 5. The molecule has 1 heterocycles. The molecule has 0 aliphatic heterocycles. The molecule has 1 aromatic heterocycles. The van der Waals surface area contributed by atoms with Crippen LogP contribution in [0.15, 0.2) is 24.3 Å². The van der Waals surface area contributed by atoms with Crippen LogP contribution in [0.5, 0.6) is 0 Å². The van der Waals surface area contributed by atoms with E-state index in [-0.39, 0.29) is 18.5 Å². The number of carbonyl (C=O) groups is 1. The molecule has 1 aliphatic carbocycles.